The van der Waals surface area contributed by atoms with Gasteiger partial charge in [0.1, 0.15) is 5.75 Å². The quantitative estimate of drug-likeness (QED) is 0.897. The molecular weight excluding hydrogens is 232 g/mol. The van der Waals surface area contributed by atoms with Crippen LogP contribution in [0, 0.1) is 13.8 Å². The van der Waals surface area contributed by atoms with Crippen LogP contribution in [0.3, 0.4) is 0 Å². The van der Waals surface area contributed by atoms with Gasteiger partial charge in [0.05, 0.1) is 17.3 Å². The highest BCUT2D eigenvalue weighted by Gasteiger charge is 2.11. The first-order valence-electron chi connectivity index (χ1n) is 5.86. The fraction of sp³-hybridized carbons (Fsp3) is 0.462. The Morgan fingerprint density at radius 3 is 2.76 bits per heavy atom. The fourth-order valence-corrected chi connectivity index (χ4v) is 2.79. The number of nitrogens with zero attached hydrogens (tertiary/aromatic N) is 1. The lowest BCUT2D eigenvalue weighted by atomic mass is 10.1. The van der Waals surface area contributed by atoms with Gasteiger partial charge in [-0.25, -0.2) is 4.98 Å². The summed E-state index contributed by atoms with van der Waals surface area (Å²) in [6.07, 6.45) is 1.11. The minimum Gasteiger partial charge on any atom is -0.496 e. The van der Waals surface area contributed by atoms with Crippen LogP contribution in [0.1, 0.15) is 24.5 Å². The molecule has 0 fully saturated rings. The lowest BCUT2D eigenvalue weighted by Crippen LogP contribution is -1.98. The van der Waals surface area contributed by atoms with E-state index in [0.717, 1.165) is 29.4 Å². The second kappa shape index (κ2) is 4.92. The summed E-state index contributed by atoms with van der Waals surface area (Å²) in [5, 5.41) is 4.33. The average Bonchev–Trinajstić information content (AvgIpc) is 2.74. The average molecular weight is 250 g/mol. The van der Waals surface area contributed by atoms with E-state index in [1.54, 1.807) is 18.4 Å². The third-order valence-electron chi connectivity index (χ3n) is 2.95. The Morgan fingerprint density at radius 2 is 2.12 bits per heavy atom. The maximum atomic E-state index is 5.38. The molecule has 0 bridgehead atoms. The molecule has 0 spiro atoms. The van der Waals surface area contributed by atoms with Crippen LogP contribution >= 0.6 is 11.3 Å². The predicted molar refractivity (Wildman–Crippen MR) is 74.4 cm³/mol. The SMILES string of the molecule is CCCNc1nc2c(C)c(C)c(OC)cc2s1. The third kappa shape index (κ3) is 2.22. The van der Waals surface area contributed by atoms with Crippen molar-refractivity contribution in [3.63, 3.8) is 0 Å². The van der Waals surface area contributed by atoms with Crippen molar-refractivity contribution in [3.8, 4) is 5.75 Å². The van der Waals surface area contributed by atoms with Gasteiger partial charge in [0, 0.05) is 6.54 Å². The first-order valence-corrected chi connectivity index (χ1v) is 6.67. The number of anilines is 1. The van der Waals surface area contributed by atoms with Gasteiger partial charge < -0.3 is 10.1 Å². The van der Waals surface area contributed by atoms with Crippen LogP contribution in [0.2, 0.25) is 0 Å². The van der Waals surface area contributed by atoms with Crippen molar-refractivity contribution in [2.75, 3.05) is 19.0 Å². The van der Waals surface area contributed by atoms with Crippen molar-refractivity contribution in [2.45, 2.75) is 27.2 Å². The van der Waals surface area contributed by atoms with E-state index in [4.69, 9.17) is 4.74 Å². The molecule has 92 valence electrons. The molecule has 2 aromatic rings. The van der Waals surface area contributed by atoms with E-state index in [1.807, 2.05) is 0 Å². The summed E-state index contributed by atoms with van der Waals surface area (Å²) in [6, 6.07) is 2.08. The Kier molecular flexibility index (Phi) is 3.52. The zero-order valence-electron chi connectivity index (χ0n) is 10.8. The van der Waals surface area contributed by atoms with Gasteiger partial charge in [-0.2, -0.15) is 0 Å². The lowest BCUT2D eigenvalue weighted by Gasteiger charge is -2.07. The fourth-order valence-electron chi connectivity index (χ4n) is 1.81. The number of fused-ring (bicyclic) bond motifs is 1. The van der Waals surface area contributed by atoms with Gasteiger partial charge in [-0.15, -0.1) is 0 Å². The summed E-state index contributed by atoms with van der Waals surface area (Å²) >= 11 is 1.69. The maximum absolute atomic E-state index is 5.38. The minimum atomic E-state index is 0.945. The van der Waals surface area contributed by atoms with E-state index < -0.39 is 0 Å². The van der Waals surface area contributed by atoms with Gasteiger partial charge in [-0.05, 0) is 37.5 Å². The Morgan fingerprint density at radius 1 is 1.35 bits per heavy atom. The molecule has 4 heteroatoms. The number of ether oxygens (including phenoxy) is 1. The van der Waals surface area contributed by atoms with E-state index in [0.29, 0.717) is 0 Å². The highest BCUT2D eigenvalue weighted by molar-refractivity contribution is 7.22. The zero-order valence-corrected chi connectivity index (χ0v) is 11.6. The van der Waals surface area contributed by atoms with E-state index in [1.165, 1.54) is 15.8 Å². The predicted octanol–water partition coefficient (Wildman–Crippen LogP) is 3.74. The second-order valence-corrected chi connectivity index (χ2v) is 5.15. The summed E-state index contributed by atoms with van der Waals surface area (Å²) in [5.74, 6) is 0.945. The Labute approximate surface area is 106 Å². The summed E-state index contributed by atoms with van der Waals surface area (Å²) in [5.41, 5.74) is 3.47. The molecule has 1 aromatic heterocycles. The topological polar surface area (TPSA) is 34.2 Å². The molecule has 0 atom stereocenters. The Balaban J connectivity index is 2.49. The van der Waals surface area contributed by atoms with E-state index in [2.05, 4.69) is 37.1 Å². The lowest BCUT2D eigenvalue weighted by molar-refractivity contribution is 0.412. The van der Waals surface area contributed by atoms with E-state index >= 15 is 0 Å². The number of aryl methyl sites for hydroxylation is 1. The van der Waals surface area contributed by atoms with Crippen LogP contribution in [-0.4, -0.2) is 18.6 Å². The number of rotatable bonds is 4. The molecule has 0 saturated carbocycles. The molecule has 2 rings (SSSR count). The third-order valence-corrected chi connectivity index (χ3v) is 3.91. The Hall–Kier alpha value is -1.29. The molecule has 0 unspecified atom stereocenters. The van der Waals surface area contributed by atoms with Crippen LogP contribution < -0.4 is 10.1 Å². The molecule has 1 heterocycles. The largest absolute Gasteiger partial charge is 0.496 e. The first kappa shape index (κ1) is 12.2. The molecule has 1 N–H and O–H groups in total. The first-order chi connectivity index (χ1) is 8.17. The summed E-state index contributed by atoms with van der Waals surface area (Å²) in [6.45, 7) is 7.29. The number of benzene rings is 1. The summed E-state index contributed by atoms with van der Waals surface area (Å²) < 4.78 is 6.57. The number of nitrogens with one attached hydrogen (secondary N) is 1. The smallest absolute Gasteiger partial charge is 0.183 e. The van der Waals surface area contributed by atoms with Gasteiger partial charge in [-0.1, -0.05) is 18.3 Å². The van der Waals surface area contributed by atoms with Gasteiger partial charge in [0.15, 0.2) is 5.13 Å². The monoisotopic (exact) mass is 250 g/mol. The van der Waals surface area contributed by atoms with Crippen molar-refractivity contribution in [1.29, 1.82) is 0 Å². The highest BCUT2D eigenvalue weighted by Crippen LogP contribution is 2.34. The number of aromatic nitrogens is 1. The van der Waals surface area contributed by atoms with Gasteiger partial charge in [0.25, 0.3) is 0 Å². The molecule has 17 heavy (non-hydrogen) atoms. The van der Waals surface area contributed by atoms with Crippen molar-refractivity contribution >= 4 is 26.7 Å². The molecule has 3 nitrogen and oxygen atoms in total. The molecule has 1 aromatic carbocycles. The van der Waals surface area contributed by atoms with Crippen LogP contribution in [-0.2, 0) is 0 Å². The van der Waals surface area contributed by atoms with Crippen LogP contribution in [0.4, 0.5) is 5.13 Å². The van der Waals surface area contributed by atoms with Crippen molar-refractivity contribution in [3.05, 3.63) is 17.2 Å². The molecule has 0 saturated heterocycles. The van der Waals surface area contributed by atoms with Crippen molar-refractivity contribution in [1.82, 2.24) is 4.98 Å². The maximum Gasteiger partial charge on any atom is 0.183 e. The molecule has 0 radical (unpaired) electrons. The number of hydrogen-bond acceptors (Lipinski definition) is 4. The Bertz CT molecular complexity index is 534. The van der Waals surface area contributed by atoms with E-state index in [-0.39, 0.29) is 0 Å². The van der Waals surface area contributed by atoms with Crippen LogP contribution in [0.15, 0.2) is 6.07 Å². The number of thiazole rings is 1. The van der Waals surface area contributed by atoms with Crippen LogP contribution in [0.5, 0.6) is 5.75 Å². The molecular formula is C13H18N2OS. The molecule has 0 aliphatic heterocycles. The summed E-state index contributed by atoms with van der Waals surface area (Å²) in [7, 11) is 1.71. The highest BCUT2D eigenvalue weighted by atomic mass is 32.1. The van der Waals surface area contributed by atoms with Crippen molar-refractivity contribution in [2.24, 2.45) is 0 Å². The zero-order chi connectivity index (χ0) is 12.4. The van der Waals surface area contributed by atoms with Crippen LogP contribution in [0.25, 0.3) is 10.2 Å². The van der Waals surface area contributed by atoms with Gasteiger partial charge >= 0.3 is 0 Å². The minimum absolute atomic E-state index is 0.945. The molecule has 0 aliphatic rings. The summed E-state index contributed by atoms with van der Waals surface area (Å²) in [4.78, 5) is 4.64. The van der Waals surface area contributed by atoms with Crippen molar-refractivity contribution < 1.29 is 4.74 Å². The number of methoxy groups -OCH3 is 1. The molecule has 0 aliphatic carbocycles. The van der Waals surface area contributed by atoms with Gasteiger partial charge in [-0.3, -0.25) is 0 Å². The van der Waals surface area contributed by atoms with E-state index in [9.17, 15) is 0 Å². The van der Waals surface area contributed by atoms with Gasteiger partial charge in [0.2, 0.25) is 0 Å². The number of hydrogen-bond donors (Lipinski definition) is 1. The second-order valence-electron chi connectivity index (χ2n) is 4.12. The standard InChI is InChI=1S/C13H18N2OS/c1-5-6-14-13-15-12-9(3)8(2)10(16-4)7-11(12)17-13/h7H,5-6H2,1-4H3,(H,14,15). The molecule has 0 amide bonds. The normalized spacial score (nSPS) is 10.8.